The van der Waals surface area contributed by atoms with E-state index in [0.717, 1.165) is 44.7 Å². The topological polar surface area (TPSA) is 30.5 Å². The number of nitrogens with one attached hydrogen (secondary N) is 1. The molecule has 0 aromatic heterocycles. The molecule has 2 aromatic carbocycles. The molecule has 1 N–H and O–H groups in total. The summed E-state index contributed by atoms with van der Waals surface area (Å²) in [6.45, 7) is 9.46. The normalized spacial score (nSPS) is 22.4. The average Bonchev–Trinajstić information content (AvgIpc) is 2.72. The first-order valence-corrected chi connectivity index (χ1v) is 10.5. The Bertz CT molecular complexity index is 723. The minimum atomic E-state index is 0.202. The number of methoxy groups -OCH3 is 1. The van der Waals surface area contributed by atoms with Crippen molar-refractivity contribution < 1.29 is 9.47 Å². The maximum absolute atomic E-state index is 6.11. The molecule has 0 bridgehead atoms. The van der Waals surface area contributed by atoms with E-state index in [1.807, 2.05) is 12.1 Å². The Morgan fingerprint density at radius 2 is 1.82 bits per heavy atom. The third-order valence-electron chi connectivity index (χ3n) is 6.18. The van der Waals surface area contributed by atoms with E-state index in [0.29, 0.717) is 12.0 Å². The number of hydrogen-bond acceptors (Lipinski definition) is 3. The van der Waals surface area contributed by atoms with Crippen molar-refractivity contribution in [1.82, 2.24) is 5.32 Å². The molecule has 3 nitrogen and oxygen atoms in total. The Hall–Kier alpha value is -1.84. The second-order valence-corrected chi connectivity index (χ2v) is 8.53. The Morgan fingerprint density at radius 3 is 2.46 bits per heavy atom. The van der Waals surface area contributed by atoms with Gasteiger partial charge in [0.1, 0.15) is 5.75 Å². The van der Waals surface area contributed by atoms with Gasteiger partial charge < -0.3 is 14.8 Å². The summed E-state index contributed by atoms with van der Waals surface area (Å²) in [4.78, 5) is 0. The molecule has 1 saturated heterocycles. The zero-order valence-electron chi connectivity index (χ0n) is 17.8. The van der Waals surface area contributed by atoms with Crippen molar-refractivity contribution in [3.05, 3.63) is 65.2 Å². The lowest BCUT2D eigenvalue weighted by molar-refractivity contribution is -0.0469. The molecule has 2 atom stereocenters. The monoisotopic (exact) mass is 381 g/mol. The molecule has 0 spiro atoms. The van der Waals surface area contributed by atoms with E-state index in [-0.39, 0.29) is 5.41 Å². The summed E-state index contributed by atoms with van der Waals surface area (Å²) >= 11 is 0. The molecule has 1 aliphatic rings. The van der Waals surface area contributed by atoms with Gasteiger partial charge in [-0.15, -0.1) is 0 Å². The Balaban J connectivity index is 1.66. The molecule has 1 aliphatic heterocycles. The van der Waals surface area contributed by atoms with Crippen LogP contribution in [0.2, 0.25) is 0 Å². The molecule has 3 heteroatoms. The SMILES string of the molecule is COc1ccc(CNCC[C@]2(c3ccc(C)cc3)CCO[C@H](C(C)C)C2)cc1. The average molecular weight is 382 g/mol. The molecule has 1 fully saturated rings. The van der Waals surface area contributed by atoms with Crippen molar-refractivity contribution in [3.63, 3.8) is 0 Å². The number of aryl methyl sites for hydroxylation is 1. The summed E-state index contributed by atoms with van der Waals surface area (Å²) in [5.74, 6) is 1.46. The first kappa shape index (κ1) is 20.9. The van der Waals surface area contributed by atoms with Gasteiger partial charge in [0.05, 0.1) is 13.2 Å². The van der Waals surface area contributed by atoms with Gasteiger partial charge in [-0.25, -0.2) is 0 Å². The third-order valence-corrected chi connectivity index (χ3v) is 6.18. The molecule has 0 radical (unpaired) electrons. The van der Waals surface area contributed by atoms with E-state index in [9.17, 15) is 0 Å². The van der Waals surface area contributed by atoms with Crippen LogP contribution in [-0.4, -0.2) is 26.4 Å². The number of rotatable bonds is 8. The van der Waals surface area contributed by atoms with E-state index in [1.54, 1.807) is 7.11 Å². The van der Waals surface area contributed by atoms with Gasteiger partial charge in [0.25, 0.3) is 0 Å². The molecule has 28 heavy (non-hydrogen) atoms. The Morgan fingerprint density at radius 1 is 1.11 bits per heavy atom. The van der Waals surface area contributed by atoms with E-state index in [2.05, 4.69) is 62.5 Å². The van der Waals surface area contributed by atoms with Crippen LogP contribution < -0.4 is 10.1 Å². The Kier molecular flexibility index (Phi) is 7.14. The highest BCUT2D eigenvalue weighted by Gasteiger charge is 2.39. The number of ether oxygens (including phenoxy) is 2. The van der Waals surface area contributed by atoms with Gasteiger partial charge in [0.15, 0.2) is 0 Å². The maximum Gasteiger partial charge on any atom is 0.118 e. The van der Waals surface area contributed by atoms with Gasteiger partial charge in [0, 0.05) is 18.6 Å². The van der Waals surface area contributed by atoms with Crippen LogP contribution in [0.4, 0.5) is 0 Å². The molecular formula is C25H35NO2. The van der Waals surface area contributed by atoms with E-state index in [1.165, 1.54) is 16.7 Å². The van der Waals surface area contributed by atoms with Crippen molar-refractivity contribution >= 4 is 0 Å². The van der Waals surface area contributed by atoms with Crippen molar-refractivity contribution in [2.24, 2.45) is 5.92 Å². The molecule has 0 saturated carbocycles. The van der Waals surface area contributed by atoms with Crippen LogP contribution >= 0.6 is 0 Å². The molecular weight excluding hydrogens is 346 g/mol. The lowest BCUT2D eigenvalue weighted by atomic mass is 9.68. The summed E-state index contributed by atoms with van der Waals surface area (Å²) in [5.41, 5.74) is 4.29. The van der Waals surface area contributed by atoms with Crippen LogP contribution in [0.3, 0.4) is 0 Å². The van der Waals surface area contributed by atoms with Crippen LogP contribution in [0, 0.1) is 12.8 Å². The molecule has 3 rings (SSSR count). The first-order valence-electron chi connectivity index (χ1n) is 10.5. The van der Waals surface area contributed by atoms with Gasteiger partial charge in [-0.3, -0.25) is 0 Å². The highest BCUT2D eigenvalue weighted by Crippen LogP contribution is 2.41. The Labute approximate surface area is 170 Å². The second kappa shape index (κ2) is 9.58. The fourth-order valence-electron chi connectivity index (χ4n) is 4.22. The zero-order valence-corrected chi connectivity index (χ0v) is 17.8. The summed E-state index contributed by atoms with van der Waals surface area (Å²) in [5, 5.41) is 3.65. The van der Waals surface area contributed by atoms with Crippen LogP contribution in [-0.2, 0) is 16.7 Å². The zero-order chi connectivity index (χ0) is 20.0. The van der Waals surface area contributed by atoms with Crippen LogP contribution in [0.5, 0.6) is 5.75 Å². The molecule has 0 unspecified atom stereocenters. The third kappa shape index (κ3) is 5.15. The van der Waals surface area contributed by atoms with E-state index < -0.39 is 0 Å². The lowest BCUT2D eigenvalue weighted by Gasteiger charge is -2.43. The predicted molar refractivity (Wildman–Crippen MR) is 116 cm³/mol. The van der Waals surface area contributed by atoms with Gasteiger partial charge in [0.2, 0.25) is 0 Å². The van der Waals surface area contributed by atoms with Crippen molar-refractivity contribution in [3.8, 4) is 5.75 Å². The predicted octanol–water partition coefficient (Wildman–Crippen LogP) is 5.26. The maximum atomic E-state index is 6.11. The van der Waals surface area contributed by atoms with Crippen LogP contribution in [0.15, 0.2) is 48.5 Å². The minimum Gasteiger partial charge on any atom is -0.497 e. The fourth-order valence-corrected chi connectivity index (χ4v) is 4.22. The number of hydrogen-bond donors (Lipinski definition) is 1. The van der Waals surface area contributed by atoms with Gasteiger partial charge >= 0.3 is 0 Å². The van der Waals surface area contributed by atoms with Gasteiger partial charge in [-0.1, -0.05) is 55.8 Å². The van der Waals surface area contributed by atoms with Crippen molar-refractivity contribution in [1.29, 1.82) is 0 Å². The van der Waals surface area contributed by atoms with E-state index in [4.69, 9.17) is 9.47 Å². The highest BCUT2D eigenvalue weighted by atomic mass is 16.5. The molecule has 152 valence electrons. The molecule has 2 aromatic rings. The second-order valence-electron chi connectivity index (χ2n) is 8.53. The summed E-state index contributed by atoms with van der Waals surface area (Å²) in [6.07, 6.45) is 3.69. The van der Waals surface area contributed by atoms with Gasteiger partial charge in [-0.2, -0.15) is 0 Å². The number of benzene rings is 2. The smallest absolute Gasteiger partial charge is 0.118 e. The van der Waals surface area contributed by atoms with E-state index >= 15 is 0 Å². The largest absolute Gasteiger partial charge is 0.497 e. The van der Waals surface area contributed by atoms with Crippen LogP contribution in [0.1, 0.15) is 49.8 Å². The summed E-state index contributed by atoms with van der Waals surface area (Å²) < 4.78 is 11.3. The van der Waals surface area contributed by atoms with Crippen molar-refractivity contribution in [2.45, 2.75) is 58.1 Å². The first-order chi connectivity index (χ1) is 13.5. The standard InChI is InChI=1S/C25H35NO2/c1-19(2)24-17-25(14-16-28-24,22-9-5-20(3)6-10-22)13-15-26-18-21-7-11-23(27-4)12-8-21/h5-12,19,24,26H,13-18H2,1-4H3/t24-,25-/m0/s1. The van der Waals surface area contributed by atoms with Gasteiger partial charge in [-0.05, 0) is 61.9 Å². The molecule has 0 aliphatic carbocycles. The molecule has 0 amide bonds. The highest BCUT2D eigenvalue weighted by molar-refractivity contribution is 5.30. The quantitative estimate of drug-likeness (QED) is 0.633. The minimum absolute atomic E-state index is 0.202. The summed E-state index contributed by atoms with van der Waals surface area (Å²) in [6, 6.07) is 17.5. The fraction of sp³-hybridized carbons (Fsp3) is 0.520. The van der Waals surface area contributed by atoms with Crippen molar-refractivity contribution in [2.75, 3.05) is 20.3 Å². The summed E-state index contributed by atoms with van der Waals surface area (Å²) in [7, 11) is 1.70. The lowest BCUT2D eigenvalue weighted by Crippen LogP contribution is -2.42. The van der Waals surface area contributed by atoms with Crippen LogP contribution in [0.25, 0.3) is 0 Å². The molecule has 1 heterocycles.